The van der Waals surface area contributed by atoms with Gasteiger partial charge < -0.3 is 15.1 Å². The second-order valence-electron chi connectivity index (χ2n) is 6.69. The van der Waals surface area contributed by atoms with Crippen molar-refractivity contribution in [2.45, 2.75) is 39.8 Å². The van der Waals surface area contributed by atoms with Crippen molar-refractivity contribution < 1.29 is 14.0 Å². The van der Waals surface area contributed by atoms with Gasteiger partial charge in [-0.25, -0.2) is 0 Å². The average molecular weight is 357 g/mol. The molecular weight excluding hydrogens is 330 g/mol. The first-order chi connectivity index (χ1) is 12.4. The van der Waals surface area contributed by atoms with Gasteiger partial charge in [0.05, 0.1) is 6.26 Å². The summed E-state index contributed by atoms with van der Waals surface area (Å²) >= 11 is 0. The van der Waals surface area contributed by atoms with Crippen molar-refractivity contribution in [3.63, 3.8) is 0 Å². The Morgan fingerprint density at radius 2 is 1.65 bits per heavy atom. The number of amides is 2. The van der Waals surface area contributed by atoms with Crippen LogP contribution in [0.3, 0.4) is 0 Å². The number of hydrogen-bond acceptors (Lipinski definition) is 4. The lowest BCUT2D eigenvalue weighted by Gasteiger charge is -2.30. The zero-order valence-corrected chi connectivity index (χ0v) is 15.8. The van der Waals surface area contributed by atoms with Gasteiger partial charge in [-0.3, -0.25) is 14.5 Å². The van der Waals surface area contributed by atoms with Crippen molar-refractivity contribution in [3.8, 4) is 0 Å². The van der Waals surface area contributed by atoms with E-state index in [1.807, 2.05) is 0 Å². The van der Waals surface area contributed by atoms with Crippen LogP contribution in [-0.4, -0.2) is 41.9 Å². The summed E-state index contributed by atoms with van der Waals surface area (Å²) in [5, 5.41) is 5.66. The molecule has 0 saturated heterocycles. The molecule has 0 aliphatic carbocycles. The van der Waals surface area contributed by atoms with Crippen LogP contribution in [0.4, 0.5) is 5.69 Å². The molecule has 2 amide bonds. The van der Waals surface area contributed by atoms with Crippen LogP contribution in [0, 0.1) is 0 Å². The maximum atomic E-state index is 12.3. The highest BCUT2D eigenvalue weighted by atomic mass is 16.3. The second kappa shape index (κ2) is 9.20. The van der Waals surface area contributed by atoms with E-state index < -0.39 is 0 Å². The molecule has 26 heavy (non-hydrogen) atoms. The number of nitrogens with zero attached hydrogens (tertiary/aromatic N) is 1. The summed E-state index contributed by atoms with van der Waals surface area (Å²) < 4.78 is 5.05. The Bertz CT molecular complexity index is 698. The molecule has 2 aromatic rings. The molecule has 6 heteroatoms. The van der Waals surface area contributed by atoms with E-state index in [9.17, 15) is 9.59 Å². The molecule has 0 aliphatic heterocycles. The highest BCUT2D eigenvalue weighted by molar-refractivity contribution is 6.02. The first kappa shape index (κ1) is 19.7. The molecule has 2 N–H and O–H groups in total. The quantitative estimate of drug-likeness (QED) is 0.759. The molecular formula is C20H27N3O3. The molecule has 0 saturated carbocycles. The molecule has 0 fully saturated rings. The zero-order valence-electron chi connectivity index (χ0n) is 15.8. The number of nitrogens with one attached hydrogen (secondary N) is 2. The van der Waals surface area contributed by atoms with Gasteiger partial charge in [-0.2, -0.15) is 0 Å². The van der Waals surface area contributed by atoms with Crippen LogP contribution >= 0.6 is 0 Å². The van der Waals surface area contributed by atoms with Crippen LogP contribution in [0.2, 0.25) is 0 Å². The number of rotatable bonds is 8. The number of anilines is 1. The molecule has 0 unspecified atom stereocenters. The number of hydrogen-bond donors (Lipinski definition) is 2. The number of carbonyl (C=O) groups excluding carboxylic acids is 2. The minimum absolute atomic E-state index is 0.124. The fraction of sp³-hybridized carbons (Fsp3) is 0.400. The first-order valence-electron chi connectivity index (χ1n) is 8.87. The number of carbonyl (C=O) groups is 2. The van der Waals surface area contributed by atoms with E-state index in [0.29, 0.717) is 29.9 Å². The summed E-state index contributed by atoms with van der Waals surface area (Å²) in [7, 11) is 0. The van der Waals surface area contributed by atoms with Crippen LogP contribution < -0.4 is 10.6 Å². The van der Waals surface area contributed by atoms with E-state index in [-0.39, 0.29) is 17.6 Å². The summed E-state index contributed by atoms with van der Waals surface area (Å²) in [5.74, 6) is -0.206. The largest absolute Gasteiger partial charge is 0.459 e. The smallest absolute Gasteiger partial charge is 0.291 e. The summed E-state index contributed by atoms with van der Waals surface area (Å²) in [6.07, 6.45) is 1.45. The second-order valence-corrected chi connectivity index (χ2v) is 6.69. The van der Waals surface area contributed by atoms with Crippen LogP contribution in [-0.2, 0) is 0 Å². The van der Waals surface area contributed by atoms with E-state index in [0.717, 1.165) is 6.54 Å². The van der Waals surface area contributed by atoms with Crippen molar-refractivity contribution in [3.05, 3.63) is 54.0 Å². The average Bonchev–Trinajstić information content (AvgIpc) is 3.13. The van der Waals surface area contributed by atoms with Crippen LogP contribution in [0.25, 0.3) is 0 Å². The van der Waals surface area contributed by atoms with Crippen LogP contribution in [0.1, 0.15) is 48.6 Å². The summed E-state index contributed by atoms with van der Waals surface area (Å²) in [4.78, 5) is 26.5. The minimum Gasteiger partial charge on any atom is -0.459 e. The fourth-order valence-corrected chi connectivity index (χ4v) is 2.82. The molecule has 0 atom stereocenters. The fourth-order valence-electron chi connectivity index (χ4n) is 2.82. The van der Waals surface area contributed by atoms with Gasteiger partial charge in [-0.1, -0.05) is 0 Å². The summed E-state index contributed by atoms with van der Waals surface area (Å²) in [5.41, 5.74) is 1.16. The monoisotopic (exact) mass is 357 g/mol. The normalized spacial score (nSPS) is 11.2. The molecule has 1 aromatic carbocycles. The topological polar surface area (TPSA) is 74.6 Å². The predicted octanol–water partition coefficient (Wildman–Crippen LogP) is 3.38. The minimum atomic E-state index is -0.324. The third kappa shape index (κ3) is 5.46. The summed E-state index contributed by atoms with van der Waals surface area (Å²) in [6, 6.07) is 10.9. The van der Waals surface area contributed by atoms with E-state index >= 15 is 0 Å². The van der Waals surface area contributed by atoms with Gasteiger partial charge in [0.2, 0.25) is 0 Å². The molecule has 1 aromatic heterocycles. The lowest BCUT2D eigenvalue weighted by molar-refractivity contribution is 0.0939. The predicted molar refractivity (Wildman–Crippen MR) is 102 cm³/mol. The van der Waals surface area contributed by atoms with Crippen LogP contribution in [0.5, 0.6) is 0 Å². The molecule has 6 nitrogen and oxygen atoms in total. The molecule has 2 rings (SSSR count). The van der Waals surface area contributed by atoms with Crippen molar-refractivity contribution >= 4 is 17.5 Å². The van der Waals surface area contributed by atoms with E-state index in [4.69, 9.17) is 4.42 Å². The van der Waals surface area contributed by atoms with E-state index in [1.54, 1.807) is 36.4 Å². The molecule has 0 bridgehead atoms. The van der Waals surface area contributed by atoms with Crippen LogP contribution in [0.15, 0.2) is 47.1 Å². The first-order valence-corrected chi connectivity index (χ1v) is 8.87. The van der Waals surface area contributed by atoms with Gasteiger partial charge in [0, 0.05) is 36.4 Å². The maximum absolute atomic E-state index is 12.3. The third-order valence-corrected chi connectivity index (χ3v) is 4.13. The standard InChI is InChI=1S/C20H27N3O3/c1-14(2)23(15(3)4)12-11-21-19(24)16-7-9-17(10-8-16)22-20(25)18-6-5-13-26-18/h5-10,13-15H,11-12H2,1-4H3,(H,21,24)(H,22,25). The van der Waals surface area contributed by atoms with Gasteiger partial charge >= 0.3 is 0 Å². The highest BCUT2D eigenvalue weighted by Gasteiger charge is 2.14. The van der Waals surface area contributed by atoms with Crippen molar-refractivity contribution in [1.29, 1.82) is 0 Å². The Hall–Kier alpha value is -2.60. The highest BCUT2D eigenvalue weighted by Crippen LogP contribution is 2.12. The maximum Gasteiger partial charge on any atom is 0.291 e. The number of furan rings is 1. The molecule has 0 aliphatic rings. The SMILES string of the molecule is CC(C)N(CCNC(=O)c1ccc(NC(=O)c2ccco2)cc1)C(C)C. The van der Waals surface area contributed by atoms with E-state index in [2.05, 4.69) is 43.2 Å². The molecule has 140 valence electrons. The van der Waals surface area contributed by atoms with Crippen molar-refractivity contribution in [2.24, 2.45) is 0 Å². The Morgan fingerprint density at radius 1 is 1.00 bits per heavy atom. The van der Waals surface area contributed by atoms with Gasteiger partial charge in [0.25, 0.3) is 11.8 Å². The third-order valence-electron chi connectivity index (χ3n) is 4.13. The molecule has 0 radical (unpaired) electrons. The number of benzene rings is 1. The van der Waals surface area contributed by atoms with Gasteiger partial charge in [0.1, 0.15) is 0 Å². The van der Waals surface area contributed by atoms with E-state index in [1.165, 1.54) is 6.26 Å². The van der Waals surface area contributed by atoms with Gasteiger partial charge in [0.15, 0.2) is 5.76 Å². The Labute approximate surface area is 154 Å². The zero-order chi connectivity index (χ0) is 19.1. The Balaban J connectivity index is 1.85. The molecule has 1 heterocycles. The van der Waals surface area contributed by atoms with Gasteiger partial charge in [-0.05, 0) is 64.1 Å². The Kier molecular flexibility index (Phi) is 6.97. The summed E-state index contributed by atoms with van der Waals surface area (Å²) in [6.45, 7) is 9.99. The van der Waals surface area contributed by atoms with Crippen molar-refractivity contribution in [2.75, 3.05) is 18.4 Å². The van der Waals surface area contributed by atoms with Gasteiger partial charge in [-0.15, -0.1) is 0 Å². The van der Waals surface area contributed by atoms with Crippen molar-refractivity contribution in [1.82, 2.24) is 10.2 Å². The Morgan fingerprint density at radius 3 is 2.19 bits per heavy atom. The lowest BCUT2D eigenvalue weighted by atomic mass is 10.2. The lowest BCUT2D eigenvalue weighted by Crippen LogP contribution is -2.42. The molecule has 0 spiro atoms.